The second-order valence-electron chi connectivity index (χ2n) is 8.97. The molecule has 1 aliphatic heterocycles. The summed E-state index contributed by atoms with van der Waals surface area (Å²) in [6.07, 6.45) is 2.23. The van der Waals surface area contributed by atoms with Gasteiger partial charge in [-0.15, -0.1) is 0 Å². The number of halogens is 1. The van der Waals surface area contributed by atoms with Gasteiger partial charge in [-0.3, -0.25) is 0 Å². The standard InChI is InChI=1S/C23H27FN2O3/c1-5-28-21(27)19-10-17-8-16(15-6-7-29-22(3,4)12-15)9-18(24)20(17)26(19)23(13-25)11-14(23)2/h8-10,14-15H,5-7,11-12H2,1-4H3/t14-,15-,23+/m0/s1. The second kappa shape index (κ2) is 6.84. The van der Waals surface area contributed by atoms with Gasteiger partial charge in [0, 0.05) is 12.0 Å². The first kappa shape index (κ1) is 19.9. The fraction of sp³-hybridized carbons (Fsp3) is 0.565. The van der Waals surface area contributed by atoms with Gasteiger partial charge in [-0.25, -0.2) is 9.18 Å². The number of hydrogen-bond donors (Lipinski definition) is 0. The van der Waals surface area contributed by atoms with Crippen LogP contribution in [0, 0.1) is 23.1 Å². The van der Waals surface area contributed by atoms with E-state index in [1.54, 1.807) is 23.6 Å². The molecule has 2 aliphatic rings. The molecule has 0 radical (unpaired) electrons. The molecule has 0 amide bonds. The predicted molar refractivity (Wildman–Crippen MR) is 107 cm³/mol. The number of benzene rings is 1. The molecule has 2 heterocycles. The van der Waals surface area contributed by atoms with Crippen molar-refractivity contribution in [1.82, 2.24) is 4.57 Å². The largest absolute Gasteiger partial charge is 0.461 e. The summed E-state index contributed by atoms with van der Waals surface area (Å²) in [5, 5.41) is 10.5. The summed E-state index contributed by atoms with van der Waals surface area (Å²) >= 11 is 0. The van der Waals surface area contributed by atoms with Crippen LogP contribution in [0.4, 0.5) is 4.39 Å². The van der Waals surface area contributed by atoms with Gasteiger partial charge in [0.15, 0.2) is 0 Å². The zero-order valence-corrected chi connectivity index (χ0v) is 17.4. The Morgan fingerprint density at radius 3 is 2.69 bits per heavy atom. The van der Waals surface area contributed by atoms with E-state index in [4.69, 9.17) is 9.47 Å². The minimum atomic E-state index is -0.896. The van der Waals surface area contributed by atoms with Crippen molar-refractivity contribution in [2.24, 2.45) is 5.92 Å². The molecule has 6 heteroatoms. The lowest BCUT2D eigenvalue weighted by Crippen LogP contribution is -2.33. The summed E-state index contributed by atoms with van der Waals surface area (Å²) in [6.45, 7) is 8.64. The first-order valence-electron chi connectivity index (χ1n) is 10.3. The fourth-order valence-corrected chi connectivity index (χ4v) is 4.77. The number of fused-ring (bicyclic) bond motifs is 1. The van der Waals surface area contributed by atoms with Crippen LogP contribution in [0.25, 0.3) is 10.9 Å². The van der Waals surface area contributed by atoms with E-state index in [2.05, 4.69) is 19.9 Å². The molecule has 4 rings (SSSR count). The van der Waals surface area contributed by atoms with Crippen LogP contribution in [0.3, 0.4) is 0 Å². The van der Waals surface area contributed by atoms with Crippen molar-refractivity contribution in [1.29, 1.82) is 5.26 Å². The van der Waals surface area contributed by atoms with E-state index in [9.17, 15) is 10.1 Å². The summed E-state index contributed by atoms with van der Waals surface area (Å²) in [4.78, 5) is 12.6. The lowest BCUT2D eigenvalue weighted by Gasteiger charge is -2.35. The third-order valence-corrected chi connectivity index (χ3v) is 6.39. The number of carbonyl (C=O) groups excluding carboxylic acids is 1. The third-order valence-electron chi connectivity index (χ3n) is 6.39. The number of nitriles is 1. The van der Waals surface area contributed by atoms with Crippen LogP contribution in [0.2, 0.25) is 0 Å². The zero-order valence-electron chi connectivity index (χ0n) is 17.4. The number of ether oxygens (including phenoxy) is 2. The van der Waals surface area contributed by atoms with Gasteiger partial charge in [0.05, 0.1) is 23.8 Å². The molecule has 1 aromatic carbocycles. The lowest BCUT2D eigenvalue weighted by atomic mass is 9.83. The van der Waals surface area contributed by atoms with E-state index < -0.39 is 17.3 Å². The smallest absolute Gasteiger partial charge is 0.355 e. The van der Waals surface area contributed by atoms with Crippen LogP contribution >= 0.6 is 0 Å². The quantitative estimate of drug-likeness (QED) is 0.688. The molecule has 3 atom stereocenters. The molecule has 2 aromatic rings. The Labute approximate surface area is 170 Å². The van der Waals surface area contributed by atoms with Crippen molar-refractivity contribution in [2.75, 3.05) is 13.2 Å². The summed E-state index contributed by atoms with van der Waals surface area (Å²) < 4.78 is 28.0. The minimum absolute atomic E-state index is 0.0478. The Hall–Kier alpha value is -2.39. The van der Waals surface area contributed by atoms with Crippen LogP contribution in [0.1, 0.15) is 68.9 Å². The van der Waals surface area contributed by atoms with Crippen molar-refractivity contribution < 1.29 is 18.7 Å². The number of esters is 1. The average Bonchev–Trinajstić information content (AvgIpc) is 3.15. The molecule has 0 unspecified atom stereocenters. The van der Waals surface area contributed by atoms with Crippen LogP contribution in [-0.4, -0.2) is 29.4 Å². The molecule has 0 N–H and O–H groups in total. The van der Waals surface area contributed by atoms with Crippen molar-refractivity contribution >= 4 is 16.9 Å². The van der Waals surface area contributed by atoms with Gasteiger partial charge >= 0.3 is 5.97 Å². The van der Waals surface area contributed by atoms with E-state index in [0.29, 0.717) is 23.9 Å². The molecule has 1 saturated carbocycles. The molecule has 5 nitrogen and oxygen atoms in total. The van der Waals surface area contributed by atoms with Gasteiger partial charge in [-0.1, -0.05) is 6.92 Å². The van der Waals surface area contributed by atoms with Crippen molar-refractivity contribution in [2.45, 2.75) is 64.0 Å². The number of aromatic nitrogens is 1. The summed E-state index contributed by atoms with van der Waals surface area (Å²) in [5.74, 6) is -0.680. The zero-order chi connectivity index (χ0) is 21.0. The molecular formula is C23H27FN2O3. The SMILES string of the molecule is CCOC(=O)c1cc2cc([C@H]3CCOC(C)(C)C3)cc(F)c2n1[C@@]1(C#N)C[C@@H]1C. The Morgan fingerprint density at radius 2 is 2.10 bits per heavy atom. The first-order chi connectivity index (χ1) is 13.7. The third kappa shape index (κ3) is 3.22. The molecular weight excluding hydrogens is 371 g/mol. The molecule has 1 saturated heterocycles. The Balaban J connectivity index is 1.87. The second-order valence-corrected chi connectivity index (χ2v) is 8.97. The Bertz CT molecular complexity index is 1020. The van der Waals surface area contributed by atoms with Crippen molar-refractivity contribution in [3.8, 4) is 6.07 Å². The van der Waals surface area contributed by atoms with Crippen molar-refractivity contribution in [3.05, 3.63) is 35.3 Å². The lowest BCUT2D eigenvalue weighted by molar-refractivity contribution is -0.0593. The number of rotatable bonds is 4. The molecule has 0 bridgehead atoms. The fourth-order valence-electron chi connectivity index (χ4n) is 4.77. The van der Waals surface area contributed by atoms with Gasteiger partial charge < -0.3 is 14.0 Å². The summed E-state index contributed by atoms with van der Waals surface area (Å²) in [7, 11) is 0. The molecule has 1 aromatic heterocycles. The molecule has 29 heavy (non-hydrogen) atoms. The normalized spacial score (nSPS) is 28.1. The maximum Gasteiger partial charge on any atom is 0.355 e. The molecule has 2 fully saturated rings. The van der Waals surface area contributed by atoms with Gasteiger partial charge in [-0.05, 0) is 75.6 Å². The summed E-state index contributed by atoms with van der Waals surface area (Å²) in [5.41, 5.74) is 0.330. The Morgan fingerprint density at radius 1 is 1.38 bits per heavy atom. The van der Waals surface area contributed by atoms with Crippen LogP contribution in [-0.2, 0) is 15.0 Å². The summed E-state index contributed by atoms with van der Waals surface area (Å²) in [6, 6.07) is 7.52. The monoisotopic (exact) mass is 398 g/mol. The Kier molecular flexibility index (Phi) is 4.70. The topological polar surface area (TPSA) is 64.2 Å². The van der Waals surface area contributed by atoms with Gasteiger partial charge in [0.2, 0.25) is 0 Å². The average molecular weight is 398 g/mol. The van der Waals surface area contributed by atoms with E-state index in [1.165, 1.54) is 0 Å². The number of hydrogen-bond acceptors (Lipinski definition) is 4. The highest BCUT2D eigenvalue weighted by Gasteiger charge is 2.56. The van der Waals surface area contributed by atoms with Gasteiger partial charge in [0.1, 0.15) is 17.1 Å². The van der Waals surface area contributed by atoms with Crippen LogP contribution < -0.4 is 0 Å². The van der Waals surface area contributed by atoms with E-state index in [1.807, 2.05) is 13.0 Å². The van der Waals surface area contributed by atoms with Crippen LogP contribution in [0.5, 0.6) is 0 Å². The molecule has 0 spiro atoms. The highest BCUT2D eigenvalue weighted by molar-refractivity contribution is 5.96. The highest BCUT2D eigenvalue weighted by Crippen LogP contribution is 2.52. The van der Waals surface area contributed by atoms with E-state index in [-0.39, 0.29) is 29.7 Å². The first-order valence-corrected chi connectivity index (χ1v) is 10.3. The molecule has 1 aliphatic carbocycles. The van der Waals surface area contributed by atoms with E-state index in [0.717, 1.165) is 18.4 Å². The van der Waals surface area contributed by atoms with E-state index >= 15 is 4.39 Å². The number of nitrogens with zero attached hydrogens (tertiary/aromatic N) is 2. The van der Waals surface area contributed by atoms with Gasteiger partial charge in [-0.2, -0.15) is 5.26 Å². The van der Waals surface area contributed by atoms with Crippen LogP contribution in [0.15, 0.2) is 18.2 Å². The number of carbonyl (C=O) groups is 1. The molecule has 154 valence electrons. The maximum atomic E-state index is 15.4. The maximum absolute atomic E-state index is 15.4. The van der Waals surface area contributed by atoms with Gasteiger partial charge in [0.25, 0.3) is 0 Å². The highest BCUT2D eigenvalue weighted by atomic mass is 19.1. The van der Waals surface area contributed by atoms with Crippen molar-refractivity contribution in [3.63, 3.8) is 0 Å². The minimum Gasteiger partial charge on any atom is -0.461 e. The predicted octanol–water partition coefficient (Wildman–Crippen LogP) is 4.89.